The van der Waals surface area contributed by atoms with Gasteiger partial charge in [-0.3, -0.25) is 19.5 Å². The number of halogens is 1. The summed E-state index contributed by atoms with van der Waals surface area (Å²) in [6, 6.07) is 15.7. The van der Waals surface area contributed by atoms with Crippen LogP contribution in [0.2, 0.25) is 0 Å². The van der Waals surface area contributed by atoms with Gasteiger partial charge in [-0.1, -0.05) is 30.0 Å². The third-order valence-electron chi connectivity index (χ3n) is 4.45. The number of thiophene rings is 1. The van der Waals surface area contributed by atoms with E-state index >= 15 is 0 Å². The molecule has 0 aliphatic heterocycles. The molecule has 0 aliphatic carbocycles. The Balaban J connectivity index is 1.59. The van der Waals surface area contributed by atoms with E-state index in [1.807, 2.05) is 5.38 Å². The number of carbonyl (C=O) groups excluding carboxylic acids is 1. The average Bonchev–Trinajstić information content (AvgIpc) is 3.47. The van der Waals surface area contributed by atoms with Crippen LogP contribution < -0.4 is 5.32 Å². The largest absolute Gasteiger partial charge is 0.344 e. The van der Waals surface area contributed by atoms with Crippen LogP contribution in [0.1, 0.15) is 21.1 Å². The minimum atomic E-state index is -0.470. The number of aromatic nitrogens is 3. The van der Waals surface area contributed by atoms with Crippen molar-refractivity contribution >= 4 is 34.7 Å². The van der Waals surface area contributed by atoms with Crippen molar-refractivity contribution in [3.05, 3.63) is 98.2 Å². The summed E-state index contributed by atoms with van der Waals surface area (Å²) in [7, 11) is 0. The van der Waals surface area contributed by atoms with Gasteiger partial charge in [0.25, 0.3) is 11.6 Å². The molecule has 0 atom stereocenters. The molecule has 162 valence electrons. The van der Waals surface area contributed by atoms with E-state index < -0.39 is 4.92 Å². The summed E-state index contributed by atoms with van der Waals surface area (Å²) in [5, 5.41) is 24.6. The first-order chi connectivity index (χ1) is 15.5. The summed E-state index contributed by atoms with van der Waals surface area (Å²) >= 11 is 2.72. The van der Waals surface area contributed by atoms with Gasteiger partial charge in [0.15, 0.2) is 11.0 Å². The average molecular weight is 470 g/mol. The van der Waals surface area contributed by atoms with E-state index in [1.54, 1.807) is 41.0 Å². The Labute approximate surface area is 190 Å². The number of rotatable bonds is 8. The number of carbonyl (C=O) groups is 1. The highest BCUT2D eigenvalue weighted by Crippen LogP contribution is 2.26. The number of amides is 1. The first kappa shape index (κ1) is 21.7. The lowest BCUT2D eigenvalue weighted by atomic mass is 10.2. The molecule has 0 aliphatic rings. The number of benzene rings is 2. The van der Waals surface area contributed by atoms with Crippen LogP contribution in [-0.2, 0) is 12.3 Å². The zero-order valence-corrected chi connectivity index (χ0v) is 18.1. The number of nitro benzene ring substituents is 1. The predicted molar refractivity (Wildman–Crippen MR) is 119 cm³/mol. The second kappa shape index (κ2) is 9.71. The molecule has 2 heterocycles. The van der Waals surface area contributed by atoms with Crippen LogP contribution in [0.3, 0.4) is 0 Å². The summed E-state index contributed by atoms with van der Waals surface area (Å²) in [5.41, 5.74) is 1.50. The molecule has 0 radical (unpaired) electrons. The number of nitrogens with one attached hydrogen (secondary N) is 1. The maximum absolute atomic E-state index is 13.2. The minimum absolute atomic E-state index is 0.0325. The second-order valence-electron chi connectivity index (χ2n) is 6.58. The molecule has 32 heavy (non-hydrogen) atoms. The molecule has 2 aromatic carbocycles. The lowest BCUT2D eigenvalue weighted by Gasteiger charge is -2.11. The molecule has 11 heteroatoms. The second-order valence-corrected chi connectivity index (χ2v) is 8.47. The van der Waals surface area contributed by atoms with E-state index in [0.29, 0.717) is 27.3 Å². The molecule has 1 N–H and O–H groups in total. The van der Waals surface area contributed by atoms with E-state index in [2.05, 4.69) is 15.5 Å². The fourth-order valence-corrected chi connectivity index (χ4v) is 4.44. The van der Waals surface area contributed by atoms with Crippen molar-refractivity contribution in [3.63, 3.8) is 0 Å². The monoisotopic (exact) mass is 469 g/mol. The highest BCUT2D eigenvalue weighted by molar-refractivity contribution is 7.98. The van der Waals surface area contributed by atoms with Gasteiger partial charge < -0.3 is 5.32 Å². The molecule has 0 fully saturated rings. The fraction of sp³-hybridized carbons (Fsp3) is 0.0952. The number of hydrogen-bond donors (Lipinski definition) is 1. The van der Waals surface area contributed by atoms with Gasteiger partial charge in [0.2, 0.25) is 0 Å². The molecule has 8 nitrogen and oxygen atoms in total. The summed E-state index contributed by atoms with van der Waals surface area (Å²) in [6.07, 6.45) is 0. The standard InChI is InChI=1S/C21H16FN5O3S2/c22-15-5-3-14(4-6-15)13-32-21-25-24-19(12-23-20(28)18-2-1-11-31-18)26(21)16-7-9-17(10-8-16)27(29)30/h1-11H,12-13H2,(H,23,28). The first-order valence-electron chi connectivity index (χ1n) is 9.39. The Kier molecular flexibility index (Phi) is 6.57. The third-order valence-corrected chi connectivity index (χ3v) is 6.32. The van der Waals surface area contributed by atoms with Gasteiger partial charge in [-0.25, -0.2) is 4.39 Å². The van der Waals surface area contributed by atoms with Crippen LogP contribution >= 0.6 is 23.1 Å². The van der Waals surface area contributed by atoms with E-state index in [4.69, 9.17) is 0 Å². The predicted octanol–water partition coefficient (Wildman–Crippen LogP) is 4.60. The van der Waals surface area contributed by atoms with Gasteiger partial charge in [0, 0.05) is 23.6 Å². The summed E-state index contributed by atoms with van der Waals surface area (Å²) in [4.78, 5) is 23.4. The van der Waals surface area contributed by atoms with Crippen molar-refractivity contribution in [1.29, 1.82) is 0 Å². The summed E-state index contributed by atoms with van der Waals surface area (Å²) in [6.45, 7) is 0.123. The van der Waals surface area contributed by atoms with Crippen LogP contribution in [0.25, 0.3) is 5.69 Å². The van der Waals surface area contributed by atoms with E-state index in [9.17, 15) is 19.3 Å². The molecule has 2 aromatic heterocycles. The molecule has 4 rings (SSSR count). The fourth-order valence-electron chi connectivity index (χ4n) is 2.87. The van der Waals surface area contributed by atoms with Crippen LogP contribution in [-0.4, -0.2) is 25.6 Å². The van der Waals surface area contributed by atoms with Crippen molar-refractivity contribution in [1.82, 2.24) is 20.1 Å². The zero-order chi connectivity index (χ0) is 22.5. The van der Waals surface area contributed by atoms with Gasteiger partial charge in [0.1, 0.15) is 5.82 Å². The normalized spacial score (nSPS) is 10.8. The van der Waals surface area contributed by atoms with E-state index in [0.717, 1.165) is 5.56 Å². The minimum Gasteiger partial charge on any atom is -0.344 e. The smallest absolute Gasteiger partial charge is 0.269 e. The van der Waals surface area contributed by atoms with Crippen LogP contribution in [0.4, 0.5) is 10.1 Å². The van der Waals surface area contributed by atoms with Crippen LogP contribution in [0, 0.1) is 15.9 Å². The van der Waals surface area contributed by atoms with Crippen molar-refractivity contribution in [2.24, 2.45) is 0 Å². The number of thioether (sulfide) groups is 1. The number of hydrogen-bond acceptors (Lipinski definition) is 7. The molecule has 0 saturated carbocycles. The molecule has 0 unspecified atom stereocenters. The maximum atomic E-state index is 13.2. The number of nitro groups is 1. The zero-order valence-electron chi connectivity index (χ0n) is 16.5. The van der Waals surface area contributed by atoms with Gasteiger partial charge in [-0.05, 0) is 41.3 Å². The molecule has 0 saturated heterocycles. The van der Waals surface area contributed by atoms with Gasteiger partial charge in [-0.2, -0.15) is 0 Å². The lowest BCUT2D eigenvalue weighted by molar-refractivity contribution is -0.384. The third kappa shape index (κ3) is 5.01. The summed E-state index contributed by atoms with van der Waals surface area (Å²) in [5.74, 6) is 0.466. The van der Waals surface area contributed by atoms with Crippen molar-refractivity contribution in [2.75, 3.05) is 0 Å². The van der Waals surface area contributed by atoms with Gasteiger partial charge >= 0.3 is 0 Å². The molecule has 1 amide bonds. The van der Waals surface area contributed by atoms with Crippen LogP contribution in [0.15, 0.2) is 71.2 Å². The SMILES string of the molecule is O=C(NCc1nnc(SCc2ccc(F)cc2)n1-c1ccc([N+](=O)[O-])cc1)c1cccs1. The van der Waals surface area contributed by atoms with Crippen molar-refractivity contribution in [3.8, 4) is 5.69 Å². The lowest BCUT2D eigenvalue weighted by Crippen LogP contribution is -2.23. The molecule has 0 bridgehead atoms. The Morgan fingerprint density at radius 3 is 2.53 bits per heavy atom. The van der Waals surface area contributed by atoms with Crippen molar-refractivity contribution < 1.29 is 14.1 Å². The van der Waals surface area contributed by atoms with Gasteiger partial charge in [-0.15, -0.1) is 21.5 Å². The quantitative estimate of drug-likeness (QED) is 0.230. The molecule has 0 spiro atoms. The maximum Gasteiger partial charge on any atom is 0.269 e. The molecule has 4 aromatic rings. The number of non-ortho nitro benzene ring substituents is 1. The topological polar surface area (TPSA) is 103 Å². The molecular formula is C21H16FN5O3S2. The van der Waals surface area contributed by atoms with Crippen molar-refractivity contribution in [2.45, 2.75) is 17.5 Å². The highest BCUT2D eigenvalue weighted by Gasteiger charge is 2.17. The van der Waals surface area contributed by atoms with E-state index in [-0.39, 0.29) is 24.0 Å². The van der Waals surface area contributed by atoms with Gasteiger partial charge in [0.05, 0.1) is 16.3 Å². The summed E-state index contributed by atoms with van der Waals surface area (Å²) < 4.78 is 14.9. The van der Waals surface area contributed by atoms with E-state index in [1.165, 1.54) is 47.4 Å². The Morgan fingerprint density at radius 2 is 1.88 bits per heavy atom. The Hall–Kier alpha value is -3.57. The number of nitrogens with zero attached hydrogens (tertiary/aromatic N) is 4. The Morgan fingerprint density at radius 1 is 1.12 bits per heavy atom. The first-order valence-corrected chi connectivity index (χ1v) is 11.3. The van der Waals surface area contributed by atoms with Crippen LogP contribution in [0.5, 0.6) is 0 Å². The molecular weight excluding hydrogens is 453 g/mol. The highest BCUT2D eigenvalue weighted by atomic mass is 32.2. The Bertz CT molecular complexity index is 1230.